The smallest absolute Gasteiger partial charge is 0.323 e. The average molecular weight is 234 g/mol. The SMILES string of the molecule is CC(N)C(c1ccc2[nH]c(=O)[nH]c2c1)N(C)C. The van der Waals surface area contributed by atoms with Crippen LogP contribution in [0, 0.1) is 0 Å². The fourth-order valence-electron chi connectivity index (χ4n) is 2.31. The van der Waals surface area contributed by atoms with Crippen LogP contribution >= 0.6 is 0 Å². The van der Waals surface area contributed by atoms with E-state index in [0.717, 1.165) is 16.6 Å². The average Bonchev–Trinajstić information content (AvgIpc) is 2.56. The van der Waals surface area contributed by atoms with Crippen molar-refractivity contribution in [2.75, 3.05) is 14.1 Å². The third kappa shape index (κ3) is 2.25. The van der Waals surface area contributed by atoms with Crippen LogP contribution in [-0.4, -0.2) is 35.0 Å². The number of likely N-dealkylation sites (N-methyl/N-ethyl adjacent to an activating group) is 1. The van der Waals surface area contributed by atoms with Gasteiger partial charge in [0.05, 0.1) is 11.0 Å². The predicted molar refractivity (Wildman–Crippen MR) is 69.0 cm³/mol. The third-order valence-corrected chi connectivity index (χ3v) is 2.94. The summed E-state index contributed by atoms with van der Waals surface area (Å²) in [6.07, 6.45) is 0. The lowest BCUT2D eigenvalue weighted by Gasteiger charge is -2.28. The maximum Gasteiger partial charge on any atom is 0.323 e. The molecule has 0 saturated heterocycles. The van der Waals surface area contributed by atoms with Gasteiger partial charge in [0.2, 0.25) is 0 Å². The molecule has 92 valence electrons. The number of nitrogens with one attached hydrogen (secondary N) is 2. The van der Waals surface area contributed by atoms with Crippen molar-refractivity contribution in [2.24, 2.45) is 5.73 Å². The van der Waals surface area contributed by atoms with Gasteiger partial charge < -0.3 is 20.6 Å². The zero-order valence-electron chi connectivity index (χ0n) is 10.3. The Kier molecular flexibility index (Phi) is 3.04. The Balaban J connectivity index is 2.50. The lowest BCUT2D eigenvalue weighted by Crippen LogP contribution is -2.35. The molecule has 2 rings (SSSR count). The normalized spacial score (nSPS) is 15.4. The Hall–Kier alpha value is -1.59. The van der Waals surface area contributed by atoms with Crippen molar-refractivity contribution in [3.8, 4) is 0 Å². The molecular weight excluding hydrogens is 216 g/mol. The molecule has 5 heteroatoms. The first kappa shape index (κ1) is 11.9. The van der Waals surface area contributed by atoms with Crippen LogP contribution in [-0.2, 0) is 0 Å². The van der Waals surface area contributed by atoms with Crippen LogP contribution in [0.25, 0.3) is 11.0 Å². The molecule has 2 aromatic rings. The summed E-state index contributed by atoms with van der Waals surface area (Å²) in [6.45, 7) is 1.98. The zero-order valence-corrected chi connectivity index (χ0v) is 10.3. The number of nitrogens with zero attached hydrogens (tertiary/aromatic N) is 1. The van der Waals surface area contributed by atoms with Crippen molar-refractivity contribution in [1.29, 1.82) is 0 Å². The summed E-state index contributed by atoms with van der Waals surface area (Å²) in [6, 6.07) is 6.04. The molecule has 0 aliphatic heterocycles. The topological polar surface area (TPSA) is 77.9 Å². The number of hydrogen-bond acceptors (Lipinski definition) is 3. The maximum absolute atomic E-state index is 11.2. The molecule has 0 fully saturated rings. The van der Waals surface area contributed by atoms with Gasteiger partial charge in [0, 0.05) is 12.1 Å². The summed E-state index contributed by atoms with van der Waals surface area (Å²) in [5, 5.41) is 0. The number of nitrogens with two attached hydrogens (primary N) is 1. The Labute approximate surface area is 99.6 Å². The summed E-state index contributed by atoms with van der Waals surface area (Å²) >= 11 is 0. The van der Waals surface area contributed by atoms with E-state index in [0.29, 0.717) is 0 Å². The number of H-pyrrole nitrogens is 2. The monoisotopic (exact) mass is 234 g/mol. The quantitative estimate of drug-likeness (QED) is 0.735. The standard InChI is InChI=1S/C12H18N4O/c1-7(13)11(16(2)3)8-4-5-9-10(6-8)15-12(17)14-9/h4-7,11H,13H2,1-3H3,(H2,14,15,17). The molecule has 0 amide bonds. The van der Waals surface area contributed by atoms with Crippen LogP contribution in [0.5, 0.6) is 0 Å². The first-order valence-corrected chi connectivity index (χ1v) is 5.63. The molecule has 2 unspecified atom stereocenters. The van der Waals surface area contributed by atoms with E-state index >= 15 is 0 Å². The Morgan fingerprint density at radius 2 is 1.88 bits per heavy atom. The molecule has 4 N–H and O–H groups in total. The summed E-state index contributed by atoms with van der Waals surface area (Å²) in [5.41, 5.74) is 8.56. The minimum Gasteiger partial charge on any atom is -0.326 e. The zero-order chi connectivity index (χ0) is 12.6. The fourth-order valence-corrected chi connectivity index (χ4v) is 2.31. The Morgan fingerprint density at radius 3 is 2.47 bits per heavy atom. The van der Waals surface area contributed by atoms with Gasteiger partial charge in [0.1, 0.15) is 0 Å². The summed E-state index contributed by atoms with van der Waals surface area (Å²) in [5.74, 6) is 0. The van der Waals surface area contributed by atoms with Crippen LogP contribution in [0.1, 0.15) is 18.5 Å². The van der Waals surface area contributed by atoms with Gasteiger partial charge in [0.25, 0.3) is 0 Å². The van der Waals surface area contributed by atoms with Crippen LogP contribution in [0.3, 0.4) is 0 Å². The summed E-state index contributed by atoms with van der Waals surface area (Å²) in [4.78, 5) is 18.8. The molecule has 0 radical (unpaired) electrons. The molecule has 1 aromatic carbocycles. The lowest BCUT2D eigenvalue weighted by atomic mass is 9.99. The van der Waals surface area contributed by atoms with Gasteiger partial charge in [0.15, 0.2) is 0 Å². The minimum absolute atomic E-state index is 0.0214. The number of benzene rings is 1. The minimum atomic E-state index is -0.181. The van der Waals surface area contributed by atoms with E-state index in [2.05, 4.69) is 14.9 Å². The largest absolute Gasteiger partial charge is 0.326 e. The summed E-state index contributed by atoms with van der Waals surface area (Å²) < 4.78 is 0. The Bertz CT molecular complexity index is 559. The van der Waals surface area contributed by atoms with Gasteiger partial charge in [-0.05, 0) is 38.7 Å². The molecule has 2 atom stereocenters. The highest BCUT2D eigenvalue weighted by Crippen LogP contribution is 2.23. The summed E-state index contributed by atoms with van der Waals surface area (Å²) in [7, 11) is 4.00. The second-order valence-corrected chi connectivity index (χ2v) is 4.65. The van der Waals surface area contributed by atoms with Crippen molar-refractivity contribution in [3.63, 3.8) is 0 Å². The molecule has 1 heterocycles. The van der Waals surface area contributed by atoms with E-state index in [1.165, 1.54) is 0 Å². The first-order chi connectivity index (χ1) is 7.99. The molecule has 0 bridgehead atoms. The molecule has 0 spiro atoms. The van der Waals surface area contributed by atoms with Gasteiger partial charge in [-0.25, -0.2) is 4.79 Å². The highest BCUT2D eigenvalue weighted by Gasteiger charge is 2.18. The van der Waals surface area contributed by atoms with E-state index in [4.69, 9.17) is 5.73 Å². The lowest BCUT2D eigenvalue weighted by molar-refractivity contribution is 0.266. The van der Waals surface area contributed by atoms with E-state index in [1.54, 1.807) is 0 Å². The van der Waals surface area contributed by atoms with Gasteiger partial charge in [-0.2, -0.15) is 0 Å². The number of hydrogen-bond donors (Lipinski definition) is 3. The molecule has 0 saturated carbocycles. The van der Waals surface area contributed by atoms with Crippen molar-refractivity contribution >= 4 is 11.0 Å². The highest BCUT2D eigenvalue weighted by atomic mass is 16.1. The first-order valence-electron chi connectivity index (χ1n) is 5.63. The molecule has 1 aromatic heterocycles. The number of imidazole rings is 1. The second-order valence-electron chi connectivity index (χ2n) is 4.65. The molecular formula is C12H18N4O. The van der Waals surface area contributed by atoms with E-state index in [1.807, 2.05) is 39.2 Å². The fraction of sp³-hybridized carbons (Fsp3) is 0.417. The van der Waals surface area contributed by atoms with Crippen molar-refractivity contribution in [3.05, 3.63) is 34.2 Å². The number of aromatic amines is 2. The molecule has 0 aliphatic carbocycles. The molecule has 0 aliphatic rings. The third-order valence-electron chi connectivity index (χ3n) is 2.94. The molecule has 17 heavy (non-hydrogen) atoms. The van der Waals surface area contributed by atoms with Crippen molar-refractivity contribution in [1.82, 2.24) is 14.9 Å². The predicted octanol–water partition coefficient (Wildman–Crippen LogP) is 0.806. The van der Waals surface area contributed by atoms with E-state index in [9.17, 15) is 4.79 Å². The van der Waals surface area contributed by atoms with E-state index < -0.39 is 0 Å². The van der Waals surface area contributed by atoms with Gasteiger partial charge in [-0.3, -0.25) is 0 Å². The Morgan fingerprint density at radius 1 is 1.24 bits per heavy atom. The number of rotatable bonds is 3. The van der Waals surface area contributed by atoms with Crippen LogP contribution in [0.15, 0.2) is 23.0 Å². The van der Waals surface area contributed by atoms with Crippen LogP contribution in [0.2, 0.25) is 0 Å². The number of fused-ring (bicyclic) bond motifs is 1. The maximum atomic E-state index is 11.2. The van der Waals surface area contributed by atoms with Gasteiger partial charge in [-0.1, -0.05) is 6.07 Å². The highest BCUT2D eigenvalue weighted by molar-refractivity contribution is 5.75. The van der Waals surface area contributed by atoms with Gasteiger partial charge in [-0.15, -0.1) is 0 Å². The second kappa shape index (κ2) is 4.35. The molecule has 5 nitrogen and oxygen atoms in total. The van der Waals surface area contributed by atoms with Crippen LogP contribution < -0.4 is 11.4 Å². The van der Waals surface area contributed by atoms with E-state index in [-0.39, 0.29) is 17.8 Å². The van der Waals surface area contributed by atoms with Crippen molar-refractivity contribution < 1.29 is 0 Å². The van der Waals surface area contributed by atoms with Gasteiger partial charge >= 0.3 is 5.69 Å². The number of aromatic nitrogens is 2. The van der Waals surface area contributed by atoms with Crippen molar-refractivity contribution in [2.45, 2.75) is 19.0 Å². The van der Waals surface area contributed by atoms with Crippen LogP contribution in [0.4, 0.5) is 0 Å².